The van der Waals surface area contributed by atoms with Crippen molar-refractivity contribution in [3.8, 4) is 0 Å². The summed E-state index contributed by atoms with van der Waals surface area (Å²) in [7, 11) is 1.94. The summed E-state index contributed by atoms with van der Waals surface area (Å²) in [6, 6.07) is 5.16. The summed E-state index contributed by atoms with van der Waals surface area (Å²) in [5.74, 6) is 0.927. The molecule has 0 radical (unpaired) electrons. The van der Waals surface area contributed by atoms with Crippen LogP contribution in [-0.2, 0) is 18.3 Å². The van der Waals surface area contributed by atoms with Gasteiger partial charge in [0, 0.05) is 49.1 Å². The van der Waals surface area contributed by atoms with Gasteiger partial charge in [0.25, 0.3) is 0 Å². The topological polar surface area (TPSA) is 50.2 Å². The number of carbonyl (C=O) groups is 1. The van der Waals surface area contributed by atoms with E-state index in [2.05, 4.69) is 10.3 Å². The van der Waals surface area contributed by atoms with Gasteiger partial charge in [-0.05, 0) is 17.7 Å². The molecule has 24 heavy (non-hydrogen) atoms. The van der Waals surface area contributed by atoms with Gasteiger partial charge in [-0.1, -0.05) is 29.3 Å². The molecule has 1 unspecified atom stereocenters. The number of rotatable bonds is 3. The first kappa shape index (κ1) is 19.1. The molecule has 130 valence electrons. The van der Waals surface area contributed by atoms with Crippen molar-refractivity contribution in [1.29, 1.82) is 0 Å². The van der Waals surface area contributed by atoms with Crippen molar-refractivity contribution in [3.63, 3.8) is 0 Å². The number of piperazine rings is 1. The molecule has 0 aliphatic carbocycles. The molecule has 0 bridgehead atoms. The highest BCUT2D eigenvalue weighted by Gasteiger charge is 2.30. The summed E-state index contributed by atoms with van der Waals surface area (Å²) in [5, 5.41) is 4.42. The SMILES string of the molecule is Cl.Cn1ccnc1C1CNCCN1C(=O)Cc1ccc(Cl)cc1Cl. The van der Waals surface area contributed by atoms with Crippen LogP contribution in [0.1, 0.15) is 17.4 Å². The van der Waals surface area contributed by atoms with E-state index in [4.69, 9.17) is 23.2 Å². The highest BCUT2D eigenvalue weighted by Crippen LogP contribution is 2.25. The number of amides is 1. The molecule has 1 fully saturated rings. The first-order valence-electron chi connectivity index (χ1n) is 7.47. The van der Waals surface area contributed by atoms with Crippen LogP contribution in [0, 0.1) is 0 Å². The monoisotopic (exact) mass is 388 g/mol. The van der Waals surface area contributed by atoms with Crippen LogP contribution < -0.4 is 5.32 Å². The van der Waals surface area contributed by atoms with Crippen LogP contribution in [0.3, 0.4) is 0 Å². The number of benzene rings is 1. The van der Waals surface area contributed by atoms with Gasteiger partial charge in [0.2, 0.25) is 5.91 Å². The fourth-order valence-electron chi connectivity index (χ4n) is 2.86. The van der Waals surface area contributed by atoms with Crippen LogP contribution >= 0.6 is 35.6 Å². The van der Waals surface area contributed by atoms with Crippen LogP contribution in [0.25, 0.3) is 0 Å². The van der Waals surface area contributed by atoms with Crippen LogP contribution in [0.5, 0.6) is 0 Å². The molecule has 5 nitrogen and oxygen atoms in total. The highest BCUT2D eigenvalue weighted by molar-refractivity contribution is 6.35. The lowest BCUT2D eigenvalue weighted by Gasteiger charge is -2.36. The molecule has 2 heterocycles. The normalized spacial score (nSPS) is 17.5. The Kier molecular flexibility index (Phi) is 6.52. The molecule has 1 aliphatic heterocycles. The smallest absolute Gasteiger partial charge is 0.227 e. The number of hydrogen-bond donors (Lipinski definition) is 1. The minimum atomic E-state index is -0.0673. The van der Waals surface area contributed by atoms with Crippen molar-refractivity contribution in [3.05, 3.63) is 52.0 Å². The molecule has 1 amide bonds. The number of halogens is 3. The van der Waals surface area contributed by atoms with E-state index < -0.39 is 0 Å². The highest BCUT2D eigenvalue weighted by atomic mass is 35.5. The van der Waals surface area contributed by atoms with Crippen LogP contribution in [0.2, 0.25) is 10.0 Å². The minimum Gasteiger partial charge on any atom is -0.336 e. The van der Waals surface area contributed by atoms with Gasteiger partial charge in [-0.25, -0.2) is 4.98 Å². The maximum Gasteiger partial charge on any atom is 0.227 e. The predicted molar refractivity (Wildman–Crippen MR) is 97.9 cm³/mol. The zero-order valence-electron chi connectivity index (χ0n) is 13.2. The van der Waals surface area contributed by atoms with E-state index in [1.54, 1.807) is 24.4 Å². The number of hydrogen-bond acceptors (Lipinski definition) is 3. The van der Waals surface area contributed by atoms with E-state index >= 15 is 0 Å². The number of carbonyl (C=O) groups excluding carboxylic acids is 1. The molecular weight excluding hydrogens is 371 g/mol. The van der Waals surface area contributed by atoms with Crippen molar-refractivity contribution < 1.29 is 4.79 Å². The Hall–Kier alpha value is -1.27. The fourth-order valence-corrected chi connectivity index (χ4v) is 3.34. The lowest BCUT2D eigenvalue weighted by molar-refractivity contribution is -0.134. The molecule has 1 atom stereocenters. The Bertz CT molecular complexity index is 719. The molecular formula is C16H19Cl3N4O. The molecule has 1 aromatic carbocycles. The second-order valence-corrected chi connectivity index (χ2v) is 6.46. The van der Waals surface area contributed by atoms with Gasteiger partial charge in [0.05, 0.1) is 6.42 Å². The minimum absolute atomic E-state index is 0. The summed E-state index contributed by atoms with van der Waals surface area (Å²) >= 11 is 12.1. The predicted octanol–water partition coefficient (Wildman–Crippen LogP) is 2.86. The van der Waals surface area contributed by atoms with Gasteiger partial charge in [-0.2, -0.15) is 0 Å². The van der Waals surface area contributed by atoms with Crippen molar-refractivity contribution in [2.75, 3.05) is 19.6 Å². The Morgan fingerprint density at radius 2 is 2.21 bits per heavy atom. The summed E-state index contributed by atoms with van der Waals surface area (Å²) in [6.45, 7) is 2.13. The Morgan fingerprint density at radius 3 is 2.88 bits per heavy atom. The number of aromatic nitrogens is 2. The summed E-state index contributed by atoms with van der Waals surface area (Å²) in [5.41, 5.74) is 0.790. The van der Waals surface area contributed by atoms with Gasteiger partial charge >= 0.3 is 0 Å². The number of aryl methyl sites for hydroxylation is 1. The summed E-state index contributed by atoms with van der Waals surface area (Å²) < 4.78 is 1.95. The van der Waals surface area contributed by atoms with Crippen molar-refractivity contribution in [2.45, 2.75) is 12.5 Å². The van der Waals surface area contributed by atoms with Gasteiger partial charge in [0.15, 0.2) is 0 Å². The second-order valence-electron chi connectivity index (χ2n) is 5.62. The maximum absolute atomic E-state index is 12.8. The van der Waals surface area contributed by atoms with Gasteiger partial charge < -0.3 is 14.8 Å². The largest absolute Gasteiger partial charge is 0.336 e. The van der Waals surface area contributed by atoms with Crippen molar-refractivity contribution in [2.24, 2.45) is 7.05 Å². The first-order valence-corrected chi connectivity index (χ1v) is 8.23. The molecule has 1 N–H and O–H groups in total. The fraction of sp³-hybridized carbons (Fsp3) is 0.375. The molecule has 1 aromatic heterocycles. The molecule has 0 spiro atoms. The van der Waals surface area contributed by atoms with Crippen molar-refractivity contribution >= 4 is 41.5 Å². The Morgan fingerprint density at radius 1 is 1.42 bits per heavy atom. The number of imidazole rings is 1. The van der Waals surface area contributed by atoms with E-state index in [0.717, 1.165) is 17.9 Å². The van der Waals surface area contributed by atoms with Crippen LogP contribution in [0.4, 0.5) is 0 Å². The van der Waals surface area contributed by atoms with Crippen LogP contribution in [-0.4, -0.2) is 40.0 Å². The van der Waals surface area contributed by atoms with Gasteiger partial charge in [-0.15, -0.1) is 12.4 Å². The average Bonchev–Trinajstić information content (AvgIpc) is 2.96. The van der Waals surface area contributed by atoms with Gasteiger partial charge in [0.1, 0.15) is 11.9 Å². The quantitative estimate of drug-likeness (QED) is 0.878. The van der Waals surface area contributed by atoms with E-state index in [0.29, 0.717) is 23.1 Å². The zero-order valence-corrected chi connectivity index (χ0v) is 15.5. The van der Waals surface area contributed by atoms with Crippen LogP contribution in [0.15, 0.2) is 30.6 Å². The molecule has 8 heteroatoms. The number of nitrogens with one attached hydrogen (secondary N) is 1. The second kappa shape index (κ2) is 8.21. The third-order valence-corrected chi connectivity index (χ3v) is 4.66. The third-order valence-electron chi connectivity index (χ3n) is 4.08. The molecule has 3 rings (SSSR count). The lowest BCUT2D eigenvalue weighted by Crippen LogP contribution is -2.49. The Balaban J connectivity index is 0.00000208. The summed E-state index contributed by atoms with van der Waals surface area (Å²) in [4.78, 5) is 19.1. The maximum atomic E-state index is 12.8. The van der Waals surface area contributed by atoms with Gasteiger partial charge in [-0.3, -0.25) is 4.79 Å². The van der Waals surface area contributed by atoms with E-state index in [1.807, 2.05) is 22.7 Å². The zero-order chi connectivity index (χ0) is 16.4. The van der Waals surface area contributed by atoms with E-state index in [-0.39, 0.29) is 30.8 Å². The van der Waals surface area contributed by atoms with E-state index in [9.17, 15) is 4.79 Å². The Labute approximate surface area is 157 Å². The first-order chi connectivity index (χ1) is 11.1. The average molecular weight is 390 g/mol. The summed E-state index contributed by atoms with van der Waals surface area (Å²) in [6.07, 6.45) is 3.91. The van der Waals surface area contributed by atoms with E-state index in [1.165, 1.54) is 0 Å². The standard InChI is InChI=1S/C16H18Cl2N4O.ClH/c1-21-6-5-20-16(21)14-10-19-4-7-22(14)15(23)8-11-2-3-12(17)9-13(11)18;/h2-3,5-6,9,14,19H,4,7-8,10H2,1H3;1H. The molecule has 1 aliphatic rings. The molecule has 0 saturated carbocycles. The molecule has 1 saturated heterocycles. The van der Waals surface area contributed by atoms with Crippen molar-refractivity contribution in [1.82, 2.24) is 19.8 Å². The third kappa shape index (κ3) is 4.03. The molecule has 2 aromatic rings. The number of nitrogens with zero attached hydrogens (tertiary/aromatic N) is 3. The lowest BCUT2D eigenvalue weighted by atomic mass is 10.1.